The quantitative estimate of drug-likeness (QED) is 0.735. The Morgan fingerprint density at radius 1 is 1.47 bits per heavy atom. The average Bonchev–Trinajstić information content (AvgIpc) is 2.59. The molecule has 2 heterocycles. The molecule has 8 nitrogen and oxygen atoms in total. The molecule has 1 fully saturated rings. The first-order valence-electron chi connectivity index (χ1n) is 4.67. The van der Waals surface area contributed by atoms with E-state index in [-0.39, 0.29) is 36.1 Å². The number of carbonyl (C=O) groups is 2. The second kappa shape index (κ2) is 4.13. The Balaban J connectivity index is 2.28. The summed E-state index contributed by atoms with van der Waals surface area (Å²) in [7, 11) is 0. The van der Waals surface area contributed by atoms with Crippen molar-refractivity contribution in [2.45, 2.75) is 6.42 Å². The van der Waals surface area contributed by atoms with Crippen molar-refractivity contribution < 1.29 is 14.7 Å². The number of hydrogen-bond acceptors (Lipinski definition) is 6. The molecule has 0 saturated carbocycles. The summed E-state index contributed by atoms with van der Waals surface area (Å²) in [5.74, 6) is -2.31. The topological polar surface area (TPSA) is 122 Å². The number of nitrogens with two attached hydrogens (primary N) is 1. The van der Waals surface area contributed by atoms with Gasteiger partial charge in [0.1, 0.15) is 0 Å². The van der Waals surface area contributed by atoms with E-state index in [0.717, 1.165) is 4.90 Å². The van der Waals surface area contributed by atoms with Crippen LogP contribution in [0.15, 0.2) is 0 Å². The van der Waals surface area contributed by atoms with Crippen molar-refractivity contribution in [3.63, 3.8) is 0 Å². The Kier molecular flexibility index (Phi) is 2.80. The largest absolute Gasteiger partial charge is 0.481 e. The van der Waals surface area contributed by atoms with Crippen LogP contribution in [0, 0.1) is 5.92 Å². The van der Waals surface area contributed by atoms with Crippen molar-refractivity contribution in [2.24, 2.45) is 5.92 Å². The number of nitrogen functional groups attached to an aromatic ring is 1. The number of carboxylic acid groups (broad SMARTS) is 1. The first-order valence-corrected chi connectivity index (χ1v) is 5.05. The summed E-state index contributed by atoms with van der Waals surface area (Å²) in [6.07, 6.45) is -0.0848. The Bertz CT molecular complexity index is 474. The molecule has 1 aliphatic heterocycles. The van der Waals surface area contributed by atoms with Crippen molar-refractivity contribution >= 4 is 35.4 Å². The van der Waals surface area contributed by atoms with Crippen LogP contribution in [0.1, 0.15) is 6.42 Å². The summed E-state index contributed by atoms with van der Waals surface area (Å²) in [6.45, 7) is 0.00789. The minimum Gasteiger partial charge on any atom is -0.481 e. The number of aliphatic carboxylic acids is 1. The van der Waals surface area contributed by atoms with E-state index in [1.807, 2.05) is 0 Å². The molecule has 0 aromatic carbocycles. The van der Waals surface area contributed by atoms with Crippen LogP contribution in [0.25, 0.3) is 0 Å². The average molecular weight is 258 g/mol. The minimum absolute atomic E-state index is 0.00789. The highest BCUT2D eigenvalue weighted by Crippen LogP contribution is 2.23. The molecule has 1 aliphatic rings. The molecular formula is C8H8ClN5O3. The van der Waals surface area contributed by atoms with Gasteiger partial charge in [-0.3, -0.25) is 14.5 Å². The molecule has 1 saturated heterocycles. The minimum atomic E-state index is -1.03. The van der Waals surface area contributed by atoms with E-state index in [2.05, 4.69) is 15.0 Å². The fourth-order valence-electron chi connectivity index (χ4n) is 1.54. The molecular weight excluding hydrogens is 250 g/mol. The zero-order valence-electron chi connectivity index (χ0n) is 8.50. The molecule has 0 bridgehead atoms. The van der Waals surface area contributed by atoms with E-state index < -0.39 is 11.9 Å². The number of hydrogen-bond donors (Lipinski definition) is 2. The number of carbonyl (C=O) groups excluding carboxylic acids is 1. The van der Waals surface area contributed by atoms with Crippen LogP contribution in [0.5, 0.6) is 0 Å². The molecule has 0 spiro atoms. The maximum atomic E-state index is 11.6. The summed E-state index contributed by atoms with van der Waals surface area (Å²) in [5, 5.41) is 8.68. The predicted octanol–water partition coefficient (Wildman–Crippen LogP) is -0.455. The summed E-state index contributed by atoms with van der Waals surface area (Å²) in [5.41, 5.74) is 5.37. The smallest absolute Gasteiger partial charge is 0.308 e. The van der Waals surface area contributed by atoms with Gasteiger partial charge in [0.2, 0.25) is 23.1 Å². The standard InChI is InChI=1S/C8H8ClN5O3/c9-6-11-7(10)13-8(12-6)14-2-3(5(16)17)1-4(14)15/h3H,1-2H2,(H,16,17)(H2,10,11,12,13). The number of nitrogens with zero attached hydrogens (tertiary/aromatic N) is 4. The number of amides is 1. The number of halogens is 1. The van der Waals surface area contributed by atoms with Gasteiger partial charge in [-0.25, -0.2) is 0 Å². The van der Waals surface area contributed by atoms with Gasteiger partial charge in [-0.15, -0.1) is 0 Å². The number of carboxylic acids is 1. The van der Waals surface area contributed by atoms with E-state index >= 15 is 0 Å². The van der Waals surface area contributed by atoms with Crippen LogP contribution in [0.2, 0.25) is 5.28 Å². The normalized spacial score (nSPS) is 19.7. The van der Waals surface area contributed by atoms with Gasteiger partial charge in [-0.1, -0.05) is 0 Å². The Morgan fingerprint density at radius 2 is 2.18 bits per heavy atom. The maximum absolute atomic E-state index is 11.6. The second-order valence-corrected chi connectivity index (χ2v) is 3.84. The Labute approximate surface area is 100 Å². The van der Waals surface area contributed by atoms with Crippen LogP contribution >= 0.6 is 11.6 Å². The molecule has 0 aliphatic carbocycles. The van der Waals surface area contributed by atoms with Crippen molar-refractivity contribution in [1.29, 1.82) is 0 Å². The van der Waals surface area contributed by atoms with Gasteiger partial charge in [-0.2, -0.15) is 15.0 Å². The lowest BCUT2D eigenvalue weighted by Crippen LogP contribution is -2.28. The highest BCUT2D eigenvalue weighted by molar-refractivity contribution is 6.28. The molecule has 1 aromatic heterocycles. The molecule has 90 valence electrons. The molecule has 1 amide bonds. The molecule has 17 heavy (non-hydrogen) atoms. The molecule has 0 radical (unpaired) electrons. The third-order valence-corrected chi connectivity index (χ3v) is 2.50. The third kappa shape index (κ3) is 2.26. The van der Waals surface area contributed by atoms with Crippen molar-refractivity contribution in [3.05, 3.63) is 5.28 Å². The SMILES string of the molecule is Nc1nc(Cl)nc(N2CC(C(=O)O)CC2=O)n1. The van der Waals surface area contributed by atoms with E-state index in [4.69, 9.17) is 22.4 Å². The van der Waals surface area contributed by atoms with Gasteiger partial charge >= 0.3 is 5.97 Å². The zero-order chi connectivity index (χ0) is 12.6. The van der Waals surface area contributed by atoms with E-state index in [1.165, 1.54) is 0 Å². The third-order valence-electron chi connectivity index (χ3n) is 2.33. The lowest BCUT2D eigenvalue weighted by atomic mass is 10.1. The molecule has 9 heteroatoms. The molecule has 1 unspecified atom stereocenters. The van der Waals surface area contributed by atoms with E-state index in [1.54, 1.807) is 0 Å². The van der Waals surface area contributed by atoms with Gasteiger partial charge in [0.15, 0.2) is 0 Å². The maximum Gasteiger partial charge on any atom is 0.308 e. The number of rotatable bonds is 2. The summed E-state index contributed by atoms with van der Waals surface area (Å²) >= 11 is 5.58. The Hall–Kier alpha value is -1.96. The van der Waals surface area contributed by atoms with Crippen molar-refractivity contribution in [3.8, 4) is 0 Å². The van der Waals surface area contributed by atoms with Gasteiger partial charge in [0.25, 0.3) is 0 Å². The van der Waals surface area contributed by atoms with E-state index in [9.17, 15) is 9.59 Å². The fourth-order valence-corrected chi connectivity index (χ4v) is 1.70. The van der Waals surface area contributed by atoms with Crippen LogP contribution in [-0.2, 0) is 9.59 Å². The lowest BCUT2D eigenvalue weighted by molar-refractivity contribution is -0.141. The van der Waals surface area contributed by atoms with Gasteiger partial charge in [-0.05, 0) is 11.6 Å². The highest BCUT2D eigenvalue weighted by atomic mass is 35.5. The number of aromatic nitrogens is 3. The molecule has 1 aromatic rings. The Morgan fingerprint density at radius 3 is 2.71 bits per heavy atom. The van der Waals surface area contributed by atoms with Crippen molar-refractivity contribution in [1.82, 2.24) is 15.0 Å². The first kappa shape index (κ1) is 11.5. The van der Waals surface area contributed by atoms with Crippen LogP contribution < -0.4 is 10.6 Å². The van der Waals surface area contributed by atoms with Gasteiger partial charge < -0.3 is 10.8 Å². The molecule has 2 rings (SSSR count). The van der Waals surface area contributed by atoms with E-state index in [0.29, 0.717) is 0 Å². The van der Waals surface area contributed by atoms with Crippen molar-refractivity contribution in [2.75, 3.05) is 17.2 Å². The van der Waals surface area contributed by atoms with Crippen LogP contribution in [0.4, 0.5) is 11.9 Å². The molecule has 3 N–H and O–H groups in total. The first-order chi connectivity index (χ1) is 7.97. The highest BCUT2D eigenvalue weighted by Gasteiger charge is 2.36. The van der Waals surface area contributed by atoms with Gasteiger partial charge in [0.05, 0.1) is 5.92 Å². The number of anilines is 2. The van der Waals surface area contributed by atoms with Crippen LogP contribution in [0.3, 0.4) is 0 Å². The summed E-state index contributed by atoms with van der Waals surface area (Å²) < 4.78 is 0. The lowest BCUT2D eigenvalue weighted by Gasteiger charge is -2.13. The summed E-state index contributed by atoms with van der Waals surface area (Å²) in [6, 6.07) is 0. The second-order valence-electron chi connectivity index (χ2n) is 3.51. The van der Waals surface area contributed by atoms with Crippen LogP contribution in [-0.4, -0.2) is 38.5 Å². The zero-order valence-corrected chi connectivity index (χ0v) is 9.26. The summed E-state index contributed by atoms with van der Waals surface area (Å²) in [4.78, 5) is 34.5. The molecule has 1 atom stereocenters. The predicted molar refractivity (Wildman–Crippen MR) is 57.3 cm³/mol. The fraction of sp³-hybridized carbons (Fsp3) is 0.375. The monoisotopic (exact) mass is 257 g/mol. The van der Waals surface area contributed by atoms with Gasteiger partial charge in [0, 0.05) is 13.0 Å².